The fourth-order valence-electron chi connectivity index (χ4n) is 3.29. The van der Waals surface area contributed by atoms with Crippen molar-refractivity contribution < 1.29 is 22.7 Å². The van der Waals surface area contributed by atoms with Gasteiger partial charge in [-0.1, -0.05) is 36.4 Å². The van der Waals surface area contributed by atoms with E-state index >= 15 is 0 Å². The predicted octanol–water partition coefficient (Wildman–Crippen LogP) is 4.66. The molecule has 0 spiro atoms. The minimum Gasteiger partial charge on any atom is -0.478 e. The van der Waals surface area contributed by atoms with Gasteiger partial charge in [0.1, 0.15) is 5.82 Å². The van der Waals surface area contributed by atoms with Gasteiger partial charge in [0.25, 0.3) is 10.0 Å². The van der Waals surface area contributed by atoms with Crippen LogP contribution in [0.2, 0.25) is 0 Å². The first-order chi connectivity index (χ1) is 14.7. The summed E-state index contributed by atoms with van der Waals surface area (Å²) < 4.78 is 41.4. The number of hydrogen-bond donors (Lipinski definition) is 2. The van der Waals surface area contributed by atoms with Gasteiger partial charge in [-0.05, 0) is 55.3 Å². The van der Waals surface area contributed by atoms with Crippen LogP contribution in [0.15, 0.2) is 71.6 Å². The molecule has 31 heavy (non-hydrogen) atoms. The number of aryl methyl sites for hydroxylation is 1. The summed E-state index contributed by atoms with van der Waals surface area (Å²) >= 11 is 0. The Kier molecular flexibility index (Phi) is 6.60. The lowest BCUT2D eigenvalue weighted by molar-refractivity contribution is 0.0697. The average Bonchev–Trinajstić information content (AvgIpc) is 2.74. The molecular weight excluding hydrogens is 419 g/mol. The predicted molar refractivity (Wildman–Crippen MR) is 119 cm³/mol. The fourth-order valence-corrected chi connectivity index (χ4v) is 4.60. The summed E-state index contributed by atoms with van der Waals surface area (Å²) in [7, 11) is -4.09. The van der Waals surface area contributed by atoms with E-state index in [9.17, 15) is 22.7 Å². The van der Waals surface area contributed by atoms with Gasteiger partial charge in [0.15, 0.2) is 0 Å². The summed E-state index contributed by atoms with van der Waals surface area (Å²) in [4.78, 5) is 13.6. The third-order valence-corrected chi connectivity index (χ3v) is 6.38. The van der Waals surface area contributed by atoms with Crippen molar-refractivity contribution in [1.29, 1.82) is 0 Å². The number of rotatable bonds is 8. The molecule has 0 radical (unpaired) electrons. The summed E-state index contributed by atoms with van der Waals surface area (Å²) in [5, 5.41) is 9.74. The highest BCUT2D eigenvalue weighted by Gasteiger charge is 2.21. The lowest BCUT2D eigenvalue weighted by atomic mass is 10.1. The second-order valence-electron chi connectivity index (χ2n) is 7.05. The van der Waals surface area contributed by atoms with E-state index in [0.717, 1.165) is 11.6 Å². The summed E-state index contributed by atoms with van der Waals surface area (Å²) in [6.45, 7) is 4.54. The van der Waals surface area contributed by atoms with Crippen LogP contribution < -0.4 is 9.62 Å². The Morgan fingerprint density at radius 1 is 1.06 bits per heavy atom. The molecule has 0 aliphatic rings. The highest BCUT2D eigenvalue weighted by atomic mass is 32.2. The van der Waals surface area contributed by atoms with E-state index in [0.29, 0.717) is 24.3 Å². The molecule has 162 valence electrons. The largest absolute Gasteiger partial charge is 0.478 e. The van der Waals surface area contributed by atoms with Gasteiger partial charge in [-0.2, -0.15) is 0 Å². The number of carboxylic acids is 1. The molecule has 0 aliphatic heterocycles. The topological polar surface area (TPSA) is 86.7 Å². The fraction of sp³-hybridized carbons (Fsp3) is 0.174. The SMILES string of the molecule is CCN(Cc1ccccc1)c1ccc(NS(=O)(=O)c2cc(F)ccc2C)cc1C(=O)O. The van der Waals surface area contributed by atoms with Gasteiger partial charge in [-0.3, -0.25) is 4.72 Å². The molecule has 0 fully saturated rings. The summed E-state index contributed by atoms with van der Waals surface area (Å²) in [5.74, 6) is -1.85. The summed E-state index contributed by atoms with van der Waals surface area (Å²) in [5.41, 5.74) is 1.93. The number of sulfonamides is 1. The average molecular weight is 443 g/mol. The smallest absolute Gasteiger partial charge is 0.337 e. The van der Waals surface area contributed by atoms with E-state index in [1.54, 1.807) is 13.0 Å². The molecule has 0 amide bonds. The summed E-state index contributed by atoms with van der Waals surface area (Å²) in [6.07, 6.45) is 0. The molecule has 0 bridgehead atoms. The highest BCUT2D eigenvalue weighted by molar-refractivity contribution is 7.92. The maximum absolute atomic E-state index is 13.6. The van der Waals surface area contributed by atoms with Crippen LogP contribution in [0.3, 0.4) is 0 Å². The Morgan fingerprint density at radius 2 is 1.77 bits per heavy atom. The summed E-state index contributed by atoms with van der Waals surface area (Å²) in [6, 6.07) is 17.5. The second-order valence-corrected chi connectivity index (χ2v) is 8.70. The van der Waals surface area contributed by atoms with Crippen LogP contribution in [0.1, 0.15) is 28.4 Å². The molecule has 3 aromatic rings. The third kappa shape index (κ3) is 5.21. The van der Waals surface area contributed by atoms with Crippen LogP contribution in [0.25, 0.3) is 0 Å². The van der Waals surface area contributed by atoms with Crippen LogP contribution in [0.4, 0.5) is 15.8 Å². The number of halogens is 1. The van der Waals surface area contributed by atoms with E-state index < -0.39 is 21.8 Å². The van der Waals surface area contributed by atoms with Crippen molar-refractivity contribution >= 4 is 27.4 Å². The zero-order chi connectivity index (χ0) is 22.6. The van der Waals surface area contributed by atoms with Gasteiger partial charge < -0.3 is 10.0 Å². The number of nitrogens with one attached hydrogen (secondary N) is 1. The standard InChI is InChI=1S/C23H23FN2O4S/c1-3-26(15-17-7-5-4-6-8-17)21-12-11-19(14-20(21)23(27)28)25-31(29,30)22-13-18(24)10-9-16(22)2/h4-14,25H,3,15H2,1-2H3,(H,27,28). The lowest BCUT2D eigenvalue weighted by Crippen LogP contribution is -2.24. The van der Waals surface area contributed by atoms with Crippen LogP contribution >= 0.6 is 0 Å². The minimum absolute atomic E-state index is 0.0334. The monoisotopic (exact) mass is 442 g/mol. The Balaban J connectivity index is 1.94. The molecule has 3 aromatic carbocycles. The molecule has 6 nitrogen and oxygen atoms in total. The van der Waals surface area contributed by atoms with Crippen molar-refractivity contribution in [3.05, 3.63) is 89.2 Å². The van der Waals surface area contributed by atoms with Gasteiger partial charge in [0, 0.05) is 18.8 Å². The normalized spacial score (nSPS) is 11.2. The van der Waals surface area contributed by atoms with E-state index in [1.165, 1.54) is 24.3 Å². The maximum Gasteiger partial charge on any atom is 0.337 e. The maximum atomic E-state index is 13.6. The number of benzene rings is 3. The molecular formula is C23H23FN2O4S. The number of aromatic carboxylic acids is 1. The first-order valence-corrected chi connectivity index (χ1v) is 11.1. The van der Waals surface area contributed by atoms with Crippen molar-refractivity contribution in [2.45, 2.75) is 25.3 Å². The van der Waals surface area contributed by atoms with Gasteiger partial charge in [0.05, 0.1) is 16.1 Å². The number of nitrogens with zero attached hydrogens (tertiary/aromatic N) is 1. The molecule has 0 aliphatic carbocycles. The Hall–Kier alpha value is -3.39. The number of carboxylic acid groups (broad SMARTS) is 1. The highest BCUT2D eigenvalue weighted by Crippen LogP contribution is 2.28. The van der Waals surface area contributed by atoms with Crippen molar-refractivity contribution in [2.24, 2.45) is 0 Å². The van der Waals surface area contributed by atoms with Gasteiger partial charge >= 0.3 is 5.97 Å². The third-order valence-electron chi connectivity index (χ3n) is 4.86. The van der Waals surface area contributed by atoms with Crippen LogP contribution in [0.5, 0.6) is 0 Å². The molecule has 0 heterocycles. The minimum atomic E-state index is -4.09. The first-order valence-electron chi connectivity index (χ1n) is 9.66. The Labute approximate surface area is 181 Å². The van der Waals surface area contributed by atoms with Crippen molar-refractivity contribution in [3.8, 4) is 0 Å². The molecule has 8 heteroatoms. The molecule has 3 rings (SSSR count). The quantitative estimate of drug-likeness (QED) is 0.530. The Morgan fingerprint density at radius 3 is 2.42 bits per heavy atom. The van der Waals surface area contributed by atoms with Crippen LogP contribution in [-0.2, 0) is 16.6 Å². The molecule has 2 N–H and O–H groups in total. The molecule has 0 atom stereocenters. The van der Waals surface area contributed by atoms with E-state index in [1.807, 2.05) is 42.2 Å². The van der Waals surface area contributed by atoms with Crippen LogP contribution in [-0.4, -0.2) is 26.0 Å². The Bertz CT molecular complexity index is 1200. The number of hydrogen-bond acceptors (Lipinski definition) is 4. The zero-order valence-electron chi connectivity index (χ0n) is 17.2. The van der Waals surface area contributed by atoms with E-state index in [-0.39, 0.29) is 16.1 Å². The van der Waals surface area contributed by atoms with Gasteiger partial charge in [-0.15, -0.1) is 0 Å². The second kappa shape index (κ2) is 9.18. The number of anilines is 2. The first kappa shape index (κ1) is 22.3. The lowest BCUT2D eigenvalue weighted by Gasteiger charge is -2.25. The van der Waals surface area contributed by atoms with Crippen molar-refractivity contribution in [1.82, 2.24) is 0 Å². The number of carbonyl (C=O) groups is 1. The van der Waals surface area contributed by atoms with Gasteiger partial charge in [0.2, 0.25) is 0 Å². The van der Waals surface area contributed by atoms with Gasteiger partial charge in [-0.25, -0.2) is 17.6 Å². The van der Waals surface area contributed by atoms with Crippen molar-refractivity contribution in [3.63, 3.8) is 0 Å². The molecule has 0 aromatic heterocycles. The molecule has 0 unspecified atom stereocenters. The van der Waals surface area contributed by atoms with Crippen molar-refractivity contribution in [2.75, 3.05) is 16.2 Å². The van der Waals surface area contributed by atoms with E-state index in [2.05, 4.69) is 4.72 Å². The molecule has 0 saturated carbocycles. The van der Waals surface area contributed by atoms with E-state index in [4.69, 9.17) is 0 Å². The van der Waals surface area contributed by atoms with Crippen LogP contribution in [0, 0.1) is 12.7 Å². The molecule has 0 saturated heterocycles. The zero-order valence-corrected chi connectivity index (χ0v) is 18.0.